The van der Waals surface area contributed by atoms with E-state index in [9.17, 15) is 0 Å². The van der Waals surface area contributed by atoms with E-state index < -0.39 is 0 Å². The van der Waals surface area contributed by atoms with Gasteiger partial charge in [0, 0.05) is 24.5 Å². The van der Waals surface area contributed by atoms with Gasteiger partial charge >= 0.3 is 0 Å². The molecule has 0 aliphatic heterocycles. The molecule has 1 N–H and O–H groups in total. The number of thioether (sulfide) groups is 1. The third kappa shape index (κ3) is 4.03. The normalized spacial score (nSPS) is 24.4. The van der Waals surface area contributed by atoms with E-state index in [1.54, 1.807) is 0 Å². The van der Waals surface area contributed by atoms with Gasteiger partial charge in [0.15, 0.2) is 0 Å². The molecular formula is C13H23N3S. The van der Waals surface area contributed by atoms with Crippen LogP contribution in [0.1, 0.15) is 31.7 Å². The zero-order valence-electron chi connectivity index (χ0n) is 10.9. The van der Waals surface area contributed by atoms with Crippen LogP contribution in [-0.2, 0) is 13.5 Å². The number of rotatable bonds is 6. The SMILES string of the molecule is CCSC1CCC(NCCc2cnn(C)c2)C1. The van der Waals surface area contributed by atoms with Crippen molar-refractivity contribution >= 4 is 11.8 Å². The van der Waals surface area contributed by atoms with Crippen molar-refractivity contribution in [1.29, 1.82) is 0 Å². The molecule has 1 aliphatic carbocycles. The first-order chi connectivity index (χ1) is 8.28. The third-order valence-corrected chi connectivity index (χ3v) is 4.62. The Morgan fingerprint density at radius 3 is 3.12 bits per heavy atom. The highest BCUT2D eigenvalue weighted by molar-refractivity contribution is 7.99. The molecule has 17 heavy (non-hydrogen) atoms. The second-order valence-corrected chi connectivity index (χ2v) is 6.39. The van der Waals surface area contributed by atoms with E-state index in [0.717, 1.165) is 24.3 Å². The standard InChI is InChI=1S/C13H23N3S/c1-3-17-13-5-4-12(8-13)14-7-6-11-9-15-16(2)10-11/h9-10,12-14H,3-8H2,1-2H3. The molecule has 1 fully saturated rings. The average Bonchev–Trinajstić information content (AvgIpc) is 2.89. The van der Waals surface area contributed by atoms with Crippen LogP contribution < -0.4 is 5.32 Å². The maximum absolute atomic E-state index is 4.19. The van der Waals surface area contributed by atoms with Crippen LogP contribution in [0.3, 0.4) is 0 Å². The molecule has 0 bridgehead atoms. The third-order valence-electron chi connectivity index (χ3n) is 3.39. The number of nitrogens with one attached hydrogen (secondary N) is 1. The Morgan fingerprint density at radius 2 is 2.41 bits per heavy atom. The van der Waals surface area contributed by atoms with Gasteiger partial charge in [-0.05, 0) is 43.5 Å². The van der Waals surface area contributed by atoms with E-state index in [2.05, 4.69) is 35.3 Å². The first-order valence-electron chi connectivity index (χ1n) is 6.60. The predicted molar refractivity (Wildman–Crippen MR) is 74.5 cm³/mol. The molecule has 0 aromatic carbocycles. The van der Waals surface area contributed by atoms with Crippen LogP contribution >= 0.6 is 11.8 Å². The van der Waals surface area contributed by atoms with Gasteiger partial charge < -0.3 is 5.32 Å². The fourth-order valence-electron chi connectivity index (χ4n) is 2.53. The highest BCUT2D eigenvalue weighted by Gasteiger charge is 2.23. The van der Waals surface area contributed by atoms with Gasteiger partial charge in [-0.15, -0.1) is 0 Å². The lowest BCUT2D eigenvalue weighted by molar-refractivity contribution is 0.528. The lowest BCUT2D eigenvalue weighted by atomic mass is 10.2. The summed E-state index contributed by atoms with van der Waals surface area (Å²) < 4.78 is 1.87. The number of hydrogen-bond donors (Lipinski definition) is 1. The van der Waals surface area contributed by atoms with Gasteiger partial charge in [-0.25, -0.2) is 0 Å². The lowest BCUT2D eigenvalue weighted by Crippen LogP contribution is -2.28. The maximum atomic E-state index is 4.19. The van der Waals surface area contributed by atoms with Gasteiger partial charge in [0.05, 0.1) is 6.20 Å². The maximum Gasteiger partial charge on any atom is 0.0522 e. The zero-order valence-corrected chi connectivity index (χ0v) is 11.7. The van der Waals surface area contributed by atoms with Gasteiger partial charge in [-0.1, -0.05) is 6.92 Å². The molecule has 2 rings (SSSR count). The largest absolute Gasteiger partial charge is 0.314 e. The van der Waals surface area contributed by atoms with Crippen molar-refractivity contribution in [3.8, 4) is 0 Å². The average molecular weight is 253 g/mol. The Balaban J connectivity index is 1.63. The van der Waals surface area contributed by atoms with Gasteiger partial charge in [0.25, 0.3) is 0 Å². The van der Waals surface area contributed by atoms with Gasteiger partial charge in [-0.2, -0.15) is 16.9 Å². The van der Waals surface area contributed by atoms with Gasteiger partial charge in [-0.3, -0.25) is 4.68 Å². The van der Waals surface area contributed by atoms with E-state index in [1.807, 2.05) is 17.9 Å². The van der Waals surface area contributed by atoms with Crippen LogP contribution in [0.5, 0.6) is 0 Å². The van der Waals surface area contributed by atoms with Crippen molar-refractivity contribution < 1.29 is 0 Å². The summed E-state index contributed by atoms with van der Waals surface area (Å²) in [6.07, 6.45) is 9.26. The van der Waals surface area contributed by atoms with Crippen molar-refractivity contribution in [2.75, 3.05) is 12.3 Å². The monoisotopic (exact) mass is 253 g/mol. The molecule has 1 heterocycles. The minimum absolute atomic E-state index is 0.746. The Labute approximate surface area is 108 Å². The topological polar surface area (TPSA) is 29.9 Å². The van der Waals surface area contributed by atoms with Crippen LogP contribution in [0.25, 0.3) is 0 Å². The summed E-state index contributed by atoms with van der Waals surface area (Å²) in [7, 11) is 1.97. The summed E-state index contributed by atoms with van der Waals surface area (Å²) in [6, 6.07) is 0.746. The molecule has 1 aliphatic rings. The van der Waals surface area contributed by atoms with Crippen LogP contribution in [0.4, 0.5) is 0 Å². The van der Waals surface area contributed by atoms with Crippen LogP contribution in [0.15, 0.2) is 12.4 Å². The molecule has 0 saturated heterocycles. The highest BCUT2D eigenvalue weighted by Crippen LogP contribution is 2.29. The summed E-state index contributed by atoms with van der Waals surface area (Å²) in [6.45, 7) is 3.34. The quantitative estimate of drug-likeness (QED) is 0.843. The first-order valence-corrected chi connectivity index (χ1v) is 7.65. The predicted octanol–water partition coefficient (Wildman–Crippen LogP) is 2.23. The first kappa shape index (κ1) is 13.0. The fourth-order valence-corrected chi connectivity index (χ4v) is 3.68. The van der Waals surface area contributed by atoms with Crippen LogP contribution in [-0.4, -0.2) is 33.4 Å². The molecule has 0 radical (unpaired) electrons. The minimum atomic E-state index is 0.746. The fraction of sp³-hybridized carbons (Fsp3) is 0.769. The van der Waals surface area contributed by atoms with Crippen LogP contribution in [0.2, 0.25) is 0 Å². The second kappa shape index (κ2) is 6.45. The Bertz CT molecular complexity index is 337. The van der Waals surface area contributed by atoms with Crippen molar-refractivity contribution in [2.24, 2.45) is 7.05 Å². The van der Waals surface area contributed by atoms with Crippen molar-refractivity contribution in [3.05, 3.63) is 18.0 Å². The van der Waals surface area contributed by atoms with E-state index in [4.69, 9.17) is 0 Å². The smallest absolute Gasteiger partial charge is 0.0522 e. The summed E-state index contributed by atoms with van der Waals surface area (Å²) in [5.41, 5.74) is 1.33. The van der Waals surface area contributed by atoms with E-state index in [1.165, 1.54) is 30.6 Å². The zero-order chi connectivity index (χ0) is 12.1. The van der Waals surface area contributed by atoms with E-state index in [-0.39, 0.29) is 0 Å². The summed E-state index contributed by atoms with van der Waals surface area (Å²) in [4.78, 5) is 0. The molecular weight excluding hydrogens is 230 g/mol. The molecule has 0 amide bonds. The molecule has 2 unspecified atom stereocenters. The Morgan fingerprint density at radius 1 is 1.53 bits per heavy atom. The number of nitrogens with zero attached hydrogens (tertiary/aromatic N) is 2. The van der Waals surface area contributed by atoms with Crippen molar-refractivity contribution in [2.45, 2.75) is 43.9 Å². The molecule has 2 atom stereocenters. The van der Waals surface area contributed by atoms with Crippen molar-refractivity contribution in [1.82, 2.24) is 15.1 Å². The van der Waals surface area contributed by atoms with Gasteiger partial charge in [0.2, 0.25) is 0 Å². The van der Waals surface area contributed by atoms with Gasteiger partial charge in [0.1, 0.15) is 0 Å². The molecule has 1 aromatic heterocycles. The molecule has 1 aromatic rings. The highest BCUT2D eigenvalue weighted by atomic mass is 32.2. The molecule has 0 spiro atoms. The number of aryl methyl sites for hydroxylation is 1. The molecule has 96 valence electrons. The number of aromatic nitrogens is 2. The second-order valence-electron chi connectivity index (χ2n) is 4.81. The Hall–Kier alpha value is -0.480. The summed E-state index contributed by atoms with van der Waals surface area (Å²) in [5.74, 6) is 1.26. The van der Waals surface area contributed by atoms with Crippen LogP contribution in [0, 0.1) is 0 Å². The lowest BCUT2D eigenvalue weighted by Gasteiger charge is -2.12. The molecule has 4 heteroatoms. The minimum Gasteiger partial charge on any atom is -0.314 e. The van der Waals surface area contributed by atoms with E-state index >= 15 is 0 Å². The Kier molecular flexibility index (Phi) is 4.92. The molecule has 1 saturated carbocycles. The molecule has 3 nitrogen and oxygen atoms in total. The van der Waals surface area contributed by atoms with Crippen molar-refractivity contribution in [3.63, 3.8) is 0 Å². The van der Waals surface area contributed by atoms with E-state index in [0.29, 0.717) is 0 Å². The summed E-state index contributed by atoms with van der Waals surface area (Å²) >= 11 is 2.12. The number of hydrogen-bond acceptors (Lipinski definition) is 3. The summed E-state index contributed by atoms with van der Waals surface area (Å²) in [5, 5.41) is 8.77.